The first-order chi connectivity index (χ1) is 7.16. The van der Waals surface area contributed by atoms with Crippen LogP contribution in [0, 0.1) is 5.92 Å². The lowest BCUT2D eigenvalue weighted by Gasteiger charge is -2.05. The van der Waals surface area contributed by atoms with Gasteiger partial charge in [-0.25, -0.2) is 0 Å². The summed E-state index contributed by atoms with van der Waals surface area (Å²) in [5, 5.41) is 0. The third-order valence-electron chi connectivity index (χ3n) is 2.48. The molecule has 0 heterocycles. The molecule has 0 aliphatic heterocycles. The molecule has 0 aromatic rings. The lowest BCUT2D eigenvalue weighted by Crippen LogP contribution is -2.03. The third kappa shape index (κ3) is 11.4. The van der Waals surface area contributed by atoms with Gasteiger partial charge in [-0.2, -0.15) is 0 Å². The molecule has 0 aliphatic carbocycles. The second-order valence-electron chi connectivity index (χ2n) is 4.52. The van der Waals surface area contributed by atoms with Crippen LogP contribution in [-0.2, 0) is 9.53 Å². The second kappa shape index (κ2) is 10.0. The van der Waals surface area contributed by atoms with E-state index in [1.807, 2.05) is 6.92 Å². The molecule has 0 radical (unpaired) electrons. The van der Waals surface area contributed by atoms with Crippen LogP contribution in [0.3, 0.4) is 0 Å². The van der Waals surface area contributed by atoms with Crippen molar-refractivity contribution in [2.24, 2.45) is 5.92 Å². The first kappa shape index (κ1) is 14.5. The minimum Gasteiger partial charge on any atom is -0.466 e. The zero-order valence-corrected chi connectivity index (χ0v) is 10.6. The van der Waals surface area contributed by atoms with Gasteiger partial charge in [0.25, 0.3) is 0 Å². The van der Waals surface area contributed by atoms with Gasteiger partial charge in [0.1, 0.15) is 0 Å². The third-order valence-corrected chi connectivity index (χ3v) is 2.48. The van der Waals surface area contributed by atoms with E-state index in [0.717, 1.165) is 12.3 Å². The Morgan fingerprint density at radius 1 is 1.07 bits per heavy atom. The quantitative estimate of drug-likeness (QED) is 0.429. The van der Waals surface area contributed by atoms with Crippen LogP contribution in [0.5, 0.6) is 0 Å². The molecule has 15 heavy (non-hydrogen) atoms. The minimum atomic E-state index is -0.0743. The summed E-state index contributed by atoms with van der Waals surface area (Å²) < 4.78 is 5.00. The zero-order chi connectivity index (χ0) is 11.5. The van der Waals surface area contributed by atoms with Crippen molar-refractivity contribution in [1.29, 1.82) is 0 Å². The standard InChI is InChI=1S/C13H26O2/c1-4-13(14)15-11-9-7-5-6-8-10-12(2)3/h12H,4-11H2,1-3H3. The van der Waals surface area contributed by atoms with Crippen LogP contribution >= 0.6 is 0 Å². The van der Waals surface area contributed by atoms with Gasteiger partial charge in [-0.05, 0) is 12.3 Å². The maximum atomic E-state index is 10.8. The number of rotatable bonds is 9. The van der Waals surface area contributed by atoms with Crippen molar-refractivity contribution in [2.45, 2.75) is 65.7 Å². The van der Waals surface area contributed by atoms with E-state index in [-0.39, 0.29) is 5.97 Å². The number of carbonyl (C=O) groups is 1. The summed E-state index contributed by atoms with van der Waals surface area (Å²) in [6, 6.07) is 0. The summed E-state index contributed by atoms with van der Waals surface area (Å²) in [5.74, 6) is 0.755. The average molecular weight is 214 g/mol. The molecule has 0 spiro atoms. The molecular weight excluding hydrogens is 188 g/mol. The monoisotopic (exact) mass is 214 g/mol. The SMILES string of the molecule is CCC(=O)OCCCCCCCC(C)C. The van der Waals surface area contributed by atoms with Crippen molar-refractivity contribution in [3.05, 3.63) is 0 Å². The molecule has 0 saturated carbocycles. The predicted octanol–water partition coefficient (Wildman–Crippen LogP) is 3.94. The highest BCUT2D eigenvalue weighted by molar-refractivity contribution is 5.68. The first-order valence-corrected chi connectivity index (χ1v) is 6.32. The van der Waals surface area contributed by atoms with Crippen LogP contribution < -0.4 is 0 Å². The molecule has 0 atom stereocenters. The van der Waals surface area contributed by atoms with Gasteiger partial charge in [0.15, 0.2) is 0 Å². The zero-order valence-electron chi connectivity index (χ0n) is 10.6. The average Bonchev–Trinajstić information content (AvgIpc) is 2.21. The van der Waals surface area contributed by atoms with Gasteiger partial charge in [0.05, 0.1) is 6.61 Å². The van der Waals surface area contributed by atoms with E-state index in [9.17, 15) is 4.79 Å². The van der Waals surface area contributed by atoms with Gasteiger partial charge >= 0.3 is 5.97 Å². The highest BCUT2D eigenvalue weighted by Gasteiger charge is 1.98. The van der Waals surface area contributed by atoms with Gasteiger partial charge in [0, 0.05) is 6.42 Å². The largest absolute Gasteiger partial charge is 0.466 e. The van der Waals surface area contributed by atoms with Crippen LogP contribution in [0.4, 0.5) is 0 Å². The van der Waals surface area contributed by atoms with E-state index in [0.29, 0.717) is 13.0 Å². The van der Waals surface area contributed by atoms with E-state index in [4.69, 9.17) is 4.74 Å². The molecule has 0 bridgehead atoms. The Morgan fingerprint density at radius 3 is 2.27 bits per heavy atom. The van der Waals surface area contributed by atoms with E-state index in [2.05, 4.69) is 13.8 Å². The molecule has 0 unspecified atom stereocenters. The van der Waals surface area contributed by atoms with E-state index in [1.54, 1.807) is 0 Å². The lowest BCUT2D eigenvalue weighted by molar-refractivity contribution is -0.143. The summed E-state index contributed by atoms with van der Waals surface area (Å²) >= 11 is 0. The number of esters is 1. The molecule has 2 heteroatoms. The number of hydrogen-bond donors (Lipinski definition) is 0. The minimum absolute atomic E-state index is 0.0743. The summed E-state index contributed by atoms with van der Waals surface area (Å²) in [7, 11) is 0. The van der Waals surface area contributed by atoms with Crippen LogP contribution in [0.1, 0.15) is 65.7 Å². The molecule has 0 aromatic carbocycles. The Hall–Kier alpha value is -0.530. The van der Waals surface area contributed by atoms with Crippen LogP contribution in [0.25, 0.3) is 0 Å². The maximum Gasteiger partial charge on any atom is 0.305 e. The summed E-state index contributed by atoms with van der Waals surface area (Å²) in [6.45, 7) is 6.97. The Kier molecular flexibility index (Phi) is 9.65. The van der Waals surface area contributed by atoms with Crippen LogP contribution in [0.15, 0.2) is 0 Å². The number of unbranched alkanes of at least 4 members (excludes halogenated alkanes) is 4. The topological polar surface area (TPSA) is 26.3 Å². The number of carbonyl (C=O) groups excluding carboxylic acids is 1. The molecule has 0 saturated heterocycles. The maximum absolute atomic E-state index is 10.8. The first-order valence-electron chi connectivity index (χ1n) is 6.32. The summed E-state index contributed by atoms with van der Waals surface area (Å²) in [4.78, 5) is 10.8. The van der Waals surface area contributed by atoms with Gasteiger partial charge in [-0.15, -0.1) is 0 Å². The fourth-order valence-electron chi connectivity index (χ4n) is 1.47. The molecule has 0 rings (SSSR count). The molecular formula is C13H26O2. The highest BCUT2D eigenvalue weighted by atomic mass is 16.5. The number of hydrogen-bond acceptors (Lipinski definition) is 2. The van der Waals surface area contributed by atoms with Crippen LogP contribution in [0.2, 0.25) is 0 Å². The second-order valence-corrected chi connectivity index (χ2v) is 4.52. The van der Waals surface area contributed by atoms with Crippen LogP contribution in [-0.4, -0.2) is 12.6 Å². The molecule has 0 amide bonds. The van der Waals surface area contributed by atoms with Crippen molar-refractivity contribution in [3.8, 4) is 0 Å². The van der Waals surface area contributed by atoms with Crippen molar-refractivity contribution >= 4 is 5.97 Å². The van der Waals surface area contributed by atoms with E-state index >= 15 is 0 Å². The predicted molar refractivity (Wildman–Crippen MR) is 63.8 cm³/mol. The van der Waals surface area contributed by atoms with Crippen molar-refractivity contribution in [3.63, 3.8) is 0 Å². The van der Waals surface area contributed by atoms with Crippen molar-refractivity contribution in [2.75, 3.05) is 6.61 Å². The smallest absolute Gasteiger partial charge is 0.305 e. The highest BCUT2D eigenvalue weighted by Crippen LogP contribution is 2.10. The van der Waals surface area contributed by atoms with Crippen molar-refractivity contribution < 1.29 is 9.53 Å². The molecule has 90 valence electrons. The Morgan fingerprint density at radius 2 is 1.67 bits per heavy atom. The Labute approximate surface area is 94.4 Å². The number of ether oxygens (including phenoxy) is 1. The molecule has 0 N–H and O–H groups in total. The van der Waals surface area contributed by atoms with Gasteiger partial charge in [0.2, 0.25) is 0 Å². The molecule has 0 aliphatic rings. The molecule has 0 fully saturated rings. The fourth-order valence-corrected chi connectivity index (χ4v) is 1.47. The van der Waals surface area contributed by atoms with E-state index < -0.39 is 0 Å². The fraction of sp³-hybridized carbons (Fsp3) is 0.923. The summed E-state index contributed by atoms with van der Waals surface area (Å²) in [6.07, 6.45) is 7.98. The van der Waals surface area contributed by atoms with Crippen molar-refractivity contribution in [1.82, 2.24) is 0 Å². The lowest BCUT2D eigenvalue weighted by atomic mass is 10.0. The van der Waals surface area contributed by atoms with Gasteiger partial charge in [-0.3, -0.25) is 4.79 Å². The van der Waals surface area contributed by atoms with Gasteiger partial charge in [-0.1, -0.05) is 52.9 Å². The molecule has 2 nitrogen and oxygen atoms in total. The molecule has 0 aromatic heterocycles. The van der Waals surface area contributed by atoms with Gasteiger partial charge < -0.3 is 4.74 Å². The Balaban J connectivity index is 3.02. The summed E-state index contributed by atoms with van der Waals surface area (Å²) in [5.41, 5.74) is 0. The normalized spacial score (nSPS) is 10.7. The Bertz CT molecular complexity index is 153. The van der Waals surface area contributed by atoms with E-state index in [1.165, 1.54) is 32.1 Å².